The van der Waals surface area contributed by atoms with Gasteiger partial charge in [0.25, 0.3) is 0 Å². The van der Waals surface area contributed by atoms with E-state index in [0.717, 1.165) is 64.0 Å². The Balaban J connectivity index is 1.45. The number of ether oxygens (including phenoxy) is 1. The molecule has 0 bridgehead atoms. The maximum atomic E-state index is 12.8. The number of carbonyl (C=O) groups excluding carboxylic acids is 2. The molecule has 0 radical (unpaired) electrons. The second-order valence-corrected chi connectivity index (χ2v) is 9.68. The minimum atomic E-state index is -0.557. The van der Waals surface area contributed by atoms with E-state index in [4.69, 9.17) is 4.74 Å². The second kappa shape index (κ2) is 10.4. The first-order valence-electron chi connectivity index (χ1n) is 11.3. The number of anilines is 1. The van der Waals surface area contributed by atoms with Gasteiger partial charge in [0, 0.05) is 38.4 Å². The number of aliphatic hydroxyl groups excluding tert-OH is 1. The highest BCUT2D eigenvalue weighted by atomic mass is 16.6. The molecule has 2 amide bonds. The molecule has 31 heavy (non-hydrogen) atoms. The molecule has 0 aliphatic carbocycles. The average molecular weight is 433 g/mol. The number of hydrogen-bond donors (Lipinski definition) is 2. The fourth-order valence-corrected chi connectivity index (χ4v) is 4.24. The van der Waals surface area contributed by atoms with E-state index in [2.05, 4.69) is 15.2 Å². The molecule has 172 valence electrons. The molecule has 0 saturated carbocycles. The summed E-state index contributed by atoms with van der Waals surface area (Å²) in [6.45, 7) is 9.75. The molecule has 2 fully saturated rings. The number of nitrogens with one attached hydrogen (secondary N) is 1. The topological polar surface area (TPSA) is 95.0 Å². The Labute approximate surface area is 185 Å². The smallest absolute Gasteiger partial charge is 0.413 e. The number of nitrogens with zero attached hydrogens (tertiary/aromatic N) is 3. The van der Waals surface area contributed by atoms with Crippen LogP contribution in [0.25, 0.3) is 0 Å². The number of carbonyl (C=O) groups is 2. The van der Waals surface area contributed by atoms with Gasteiger partial charge < -0.3 is 14.7 Å². The third-order valence-electron chi connectivity index (χ3n) is 5.98. The van der Waals surface area contributed by atoms with Gasteiger partial charge in [0.15, 0.2) is 0 Å². The monoisotopic (exact) mass is 432 g/mol. The van der Waals surface area contributed by atoms with Crippen molar-refractivity contribution in [3.63, 3.8) is 0 Å². The van der Waals surface area contributed by atoms with Gasteiger partial charge in [0.05, 0.1) is 0 Å². The van der Waals surface area contributed by atoms with Crippen LogP contribution in [0.15, 0.2) is 18.3 Å². The third-order valence-corrected chi connectivity index (χ3v) is 5.98. The highest BCUT2D eigenvalue weighted by Crippen LogP contribution is 2.24. The van der Waals surface area contributed by atoms with Crippen LogP contribution in [-0.4, -0.2) is 70.3 Å². The normalized spacial score (nSPS) is 19.3. The Bertz CT molecular complexity index is 748. The van der Waals surface area contributed by atoms with Crippen LogP contribution in [0.2, 0.25) is 0 Å². The lowest BCUT2D eigenvalue weighted by molar-refractivity contribution is -0.138. The minimum Gasteiger partial charge on any atom is -0.444 e. The Morgan fingerprint density at radius 3 is 2.45 bits per heavy atom. The molecule has 0 unspecified atom stereocenters. The molecule has 3 heterocycles. The Hall–Kier alpha value is -2.19. The number of amides is 2. The maximum absolute atomic E-state index is 12.8. The number of rotatable bonds is 5. The quantitative estimate of drug-likeness (QED) is 0.743. The van der Waals surface area contributed by atoms with Crippen molar-refractivity contribution >= 4 is 17.8 Å². The summed E-state index contributed by atoms with van der Waals surface area (Å²) in [7, 11) is 0. The molecule has 2 saturated heterocycles. The molecular weight excluding hydrogens is 396 g/mol. The highest BCUT2D eigenvalue weighted by molar-refractivity contribution is 5.83. The van der Waals surface area contributed by atoms with Crippen molar-refractivity contribution in [3.05, 3.63) is 23.9 Å². The van der Waals surface area contributed by atoms with Crippen molar-refractivity contribution in [3.8, 4) is 0 Å². The predicted octanol–water partition coefficient (Wildman–Crippen LogP) is 2.87. The van der Waals surface area contributed by atoms with Gasteiger partial charge in [-0.3, -0.25) is 15.0 Å². The van der Waals surface area contributed by atoms with Crippen LogP contribution in [0, 0.1) is 11.8 Å². The summed E-state index contributed by atoms with van der Waals surface area (Å²) >= 11 is 0. The molecule has 2 aliphatic rings. The average Bonchev–Trinajstić information content (AvgIpc) is 2.73. The summed E-state index contributed by atoms with van der Waals surface area (Å²) in [6.07, 6.45) is 4.72. The van der Waals surface area contributed by atoms with Gasteiger partial charge in [-0.25, -0.2) is 9.78 Å². The summed E-state index contributed by atoms with van der Waals surface area (Å²) in [5.41, 5.74) is 0.509. The molecule has 8 heteroatoms. The van der Waals surface area contributed by atoms with Crippen molar-refractivity contribution in [1.29, 1.82) is 0 Å². The lowest BCUT2D eigenvalue weighted by atomic mass is 9.92. The van der Waals surface area contributed by atoms with Crippen molar-refractivity contribution in [2.45, 2.75) is 58.6 Å². The summed E-state index contributed by atoms with van der Waals surface area (Å²) < 4.78 is 5.28. The summed E-state index contributed by atoms with van der Waals surface area (Å²) in [6, 6.07) is 3.81. The van der Waals surface area contributed by atoms with Gasteiger partial charge in [0.2, 0.25) is 5.91 Å². The third kappa shape index (κ3) is 7.18. The van der Waals surface area contributed by atoms with E-state index in [1.807, 2.05) is 37.8 Å². The lowest BCUT2D eigenvalue weighted by Crippen LogP contribution is -2.45. The second-order valence-electron chi connectivity index (χ2n) is 9.68. The molecule has 1 aromatic heterocycles. The summed E-state index contributed by atoms with van der Waals surface area (Å²) in [5, 5.41) is 12.0. The fraction of sp³-hybridized carbons (Fsp3) is 0.696. The first-order chi connectivity index (χ1) is 14.7. The molecule has 0 atom stereocenters. The molecule has 3 rings (SSSR count). The largest absolute Gasteiger partial charge is 0.444 e. The van der Waals surface area contributed by atoms with E-state index < -0.39 is 11.7 Å². The van der Waals surface area contributed by atoms with Gasteiger partial charge in [-0.15, -0.1) is 0 Å². The van der Waals surface area contributed by atoms with Gasteiger partial charge in [0.1, 0.15) is 11.4 Å². The first kappa shape index (κ1) is 23.5. The van der Waals surface area contributed by atoms with E-state index in [0.29, 0.717) is 11.7 Å². The number of aromatic nitrogens is 1. The molecule has 2 aliphatic heterocycles. The van der Waals surface area contributed by atoms with Crippen LogP contribution in [0.1, 0.15) is 52.0 Å². The van der Waals surface area contributed by atoms with Gasteiger partial charge in [-0.1, -0.05) is 0 Å². The van der Waals surface area contributed by atoms with E-state index in [1.54, 1.807) is 6.20 Å². The Kier molecular flexibility index (Phi) is 7.89. The van der Waals surface area contributed by atoms with Gasteiger partial charge in [-0.05, 0) is 83.2 Å². The molecular formula is C23H36N4O4. The van der Waals surface area contributed by atoms with Crippen LogP contribution in [0.5, 0.6) is 0 Å². The van der Waals surface area contributed by atoms with Crippen molar-refractivity contribution in [1.82, 2.24) is 14.8 Å². The first-order valence-corrected chi connectivity index (χ1v) is 11.3. The van der Waals surface area contributed by atoms with Crippen molar-refractivity contribution in [2.24, 2.45) is 11.8 Å². The van der Waals surface area contributed by atoms with E-state index >= 15 is 0 Å². The number of likely N-dealkylation sites (tertiary alicyclic amines) is 2. The van der Waals surface area contributed by atoms with Crippen LogP contribution < -0.4 is 5.32 Å². The van der Waals surface area contributed by atoms with Crippen LogP contribution in [-0.2, 0) is 16.1 Å². The van der Waals surface area contributed by atoms with Crippen molar-refractivity contribution in [2.75, 3.05) is 38.1 Å². The summed E-state index contributed by atoms with van der Waals surface area (Å²) in [4.78, 5) is 33.3. The minimum absolute atomic E-state index is 0.101. The SMILES string of the molecule is CC(C)(C)OC(=O)Nc1cc(CN2CCC(C(=O)N3CCC(CO)CC3)CC2)ccn1. The molecule has 1 aromatic rings. The Morgan fingerprint density at radius 1 is 1.16 bits per heavy atom. The van der Waals surface area contributed by atoms with E-state index in [9.17, 15) is 14.7 Å². The van der Waals surface area contributed by atoms with E-state index in [1.165, 1.54) is 0 Å². The van der Waals surface area contributed by atoms with Crippen LogP contribution in [0.4, 0.5) is 10.6 Å². The lowest BCUT2D eigenvalue weighted by Gasteiger charge is -2.37. The van der Waals surface area contributed by atoms with E-state index in [-0.39, 0.29) is 18.4 Å². The zero-order valence-electron chi connectivity index (χ0n) is 19.0. The summed E-state index contributed by atoms with van der Waals surface area (Å²) in [5.74, 6) is 1.21. The molecule has 8 nitrogen and oxygen atoms in total. The zero-order valence-corrected chi connectivity index (χ0v) is 19.0. The Morgan fingerprint density at radius 2 is 1.84 bits per heavy atom. The van der Waals surface area contributed by atoms with Crippen molar-refractivity contribution < 1.29 is 19.4 Å². The molecule has 2 N–H and O–H groups in total. The van der Waals surface area contributed by atoms with Gasteiger partial charge in [-0.2, -0.15) is 0 Å². The van der Waals surface area contributed by atoms with Crippen LogP contribution >= 0.6 is 0 Å². The number of piperidine rings is 2. The zero-order chi connectivity index (χ0) is 22.4. The molecule has 0 aromatic carbocycles. The van der Waals surface area contributed by atoms with Gasteiger partial charge >= 0.3 is 6.09 Å². The highest BCUT2D eigenvalue weighted by Gasteiger charge is 2.30. The fourth-order valence-electron chi connectivity index (χ4n) is 4.24. The number of hydrogen-bond acceptors (Lipinski definition) is 6. The predicted molar refractivity (Wildman–Crippen MR) is 118 cm³/mol. The maximum Gasteiger partial charge on any atom is 0.413 e. The van der Waals surface area contributed by atoms with Crippen LogP contribution in [0.3, 0.4) is 0 Å². The standard InChI is InChI=1S/C23H36N4O4/c1-23(2,3)31-22(30)25-20-14-18(4-9-24-20)15-26-10-7-19(8-11-26)21(29)27-12-5-17(16-28)6-13-27/h4,9,14,17,19,28H,5-8,10-13,15-16H2,1-3H3,(H,24,25,30). The number of aliphatic hydroxyl groups is 1. The number of pyridine rings is 1. The molecule has 0 spiro atoms.